The van der Waals surface area contributed by atoms with Crippen molar-refractivity contribution < 1.29 is 4.79 Å². The summed E-state index contributed by atoms with van der Waals surface area (Å²) in [6, 6.07) is 1.86. The quantitative estimate of drug-likeness (QED) is 0.774. The van der Waals surface area contributed by atoms with Crippen LogP contribution in [0.2, 0.25) is 0 Å². The molecule has 1 aromatic heterocycles. The lowest BCUT2D eigenvalue weighted by molar-refractivity contribution is 0.0940. The van der Waals surface area contributed by atoms with Gasteiger partial charge in [0.2, 0.25) is 0 Å². The van der Waals surface area contributed by atoms with Crippen LogP contribution in [0.1, 0.15) is 43.4 Å². The number of amides is 1. The first-order valence-electron chi connectivity index (χ1n) is 6.22. The molecule has 1 unspecified atom stereocenters. The Labute approximate surface area is 102 Å². The van der Waals surface area contributed by atoms with Gasteiger partial charge in [-0.15, -0.1) is 0 Å². The first-order valence-corrected chi connectivity index (χ1v) is 6.22. The second kappa shape index (κ2) is 6.39. The number of hydrogen-bond acceptors (Lipinski definition) is 3. The third kappa shape index (κ3) is 3.56. The molecular formula is C12H22N4O. The van der Waals surface area contributed by atoms with Crippen LogP contribution in [0.4, 0.5) is 0 Å². The maximum Gasteiger partial charge on any atom is 0.269 e. The standard InChI is InChI=1S/C12H22N4O/c1-4-9(13)8-14-12(17)11-7-10(5-2)15-16(11)6-3/h7,9H,4-6,8,13H2,1-3H3,(H,14,17). The monoisotopic (exact) mass is 238 g/mol. The molecule has 0 aromatic carbocycles. The van der Waals surface area contributed by atoms with Gasteiger partial charge in [-0.25, -0.2) is 0 Å². The van der Waals surface area contributed by atoms with E-state index in [1.165, 1.54) is 0 Å². The molecule has 1 rings (SSSR count). The highest BCUT2D eigenvalue weighted by Gasteiger charge is 2.14. The summed E-state index contributed by atoms with van der Waals surface area (Å²) in [4.78, 5) is 11.9. The van der Waals surface area contributed by atoms with E-state index in [0.717, 1.165) is 18.5 Å². The van der Waals surface area contributed by atoms with Gasteiger partial charge >= 0.3 is 0 Å². The Hall–Kier alpha value is -1.36. The van der Waals surface area contributed by atoms with Gasteiger partial charge in [-0.05, 0) is 25.8 Å². The molecule has 0 bridgehead atoms. The van der Waals surface area contributed by atoms with Crippen LogP contribution < -0.4 is 11.1 Å². The van der Waals surface area contributed by atoms with E-state index in [2.05, 4.69) is 10.4 Å². The fourth-order valence-corrected chi connectivity index (χ4v) is 1.53. The Bertz CT molecular complexity index is 373. The second-order valence-corrected chi connectivity index (χ2v) is 4.07. The Morgan fingerprint density at radius 3 is 2.76 bits per heavy atom. The molecule has 17 heavy (non-hydrogen) atoms. The number of carbonyl (C=O) groups is 1. The average Bonchev–Trinajstić information content (AvgIpc) is 2.78. The average molecular weight is 238 g/mol. The summed E-state index contributed by atoms with van der Waals surface area (Å²) in [5, 5.41) is 7.18. The Morgan fingerprint density at radius 1 is 1.53 bits per heavy atom. The highest BCUT2D eigenvalue weighted by Crippen LogP contribution is 2.05. The van der Waals surface area contributed by atoms with Crippen molar-refractivity contribution in [3.63, 3.8) is 0 Å². The zero-order valence-electron chi connectivity index (χ0n) is 10.9. The van der Waals surface area contributed by atoms with Gasteiger partial charge in [0.05, 0.1) is 5.69 Å². The maximum atomic E-state index is 11.9. The molecule has 96 valence electrons. The third-order valence-corrected chi connectivity index (χ3v) is 2.77. The first kappa shape index (κ1) is 13.7. The fraction of sp³-hybridized carbons (Fsp3) is 0.667. The van der Waals surface area contributed by atoms with Crippen molar-refractivity contribution in [2.45, 2.75) is 46.2 Å². The number of nitrogens with zero attached hydrogens (tertiary/aromatic N) is 2. The number of aromatic nitrogens is 2. The van der Waals surface area contributed by atoms with Crippen LogP contribution in [0.5, 0.6) is 0 Å². The zero-order chi connectivity index (χ0) is 12.8. The van der Waals surface area contributed by atoms with Gasteiger partial charge in [0.25, 0.3) is 5.91 Å². The predicted octanol–water partition coefficient (Wildman–Crippen LogP) is 0.932. The highest BCUT2D eigenvalue weighted by atomic mass is 16.2. The van der Waals surface area contributed by atoms with E-state index in [-0.39, 0.29) is 11.9 Å². The van der Waals surface area contributed by atoms with Gasteiger partial charge in [-0.2, -0.15) is 5.10 Å². The van der Waals surface area contributed by atoms with Crippen LogP contribution in [-0.2, 0) is 13.0 Å². The van der Waals surface area contributed by atoms with Crippen LogP contribution in [0.15, 0.2) is 6.07 Å². The molecule has 0 aliphatic carbocycles. The summed E-state index contributed by atoms with van der Waals surface area (Å²) in [6.45, 7) is 7.20. The van der Waals surface area contributed by atoms with Crippen molar-refractivity contribution in [1.29, 1.82) is 0 Å². The lowest BCUT2D eigenvalue weighted by Gasteiger charge is -2.10. The van der Waals surface area contributed by atoms with Crippen molar-refractivity contribution in [3.8, 4) is 0 Å². The van der Waals surface area contributed by atoms with Crippen LogP contribution in [0.3, 0.4) is 0 Å². The minimum Gasteiger partial charge on any atom is -0.349 e. The maximum absolute atomic E-state index is 11.9. The van der Waals surface area contributed by atoms with Crippen LogP contribution in [0, 0.1) is 0 Å². The molecule has 0 radical (unpaired) electrons. The van der Waals surface area contributed by atoms with Crippen molar-refractivity contribution in [3.05, 3.63) is 17.5 Å². The molecule has 0 aliphatic rings. The van der Waals surface area contributed by atoms with Crippen molar-refractivity contribution in [2.75, 3.05) is 6.54 Å². The first-order chi connectivity index (χ1) is 8.12. The molecule has 5 nitrogen and oxygen atoms in total. The SMILES string of the molecule is CCc1cc(C(=O)NCC(N)CC)n(CC)n1. The number of nitrogens with one attached hydrogen (secondary N) is 1. The molecule has 1 aromatic rings. The van der Waals surface area contributed by atoms with E-state index >= 15 is 0 Å². The third-order valence-electron chi connectivity index (χ3n) is 2.77. The van der Waals surface area contributed by atoms with Crippen molar-refractivity contribution in [2.24, 2.45) is 5.73 Å². The Balaban J connectivity index is 2.70. The Kier molecular flexibility index (Phi) is 5.15. The number of carbonyl (C=O) groups excluding carboxylic acids is 1. The van der Waals surface area contributed by atoms with Gasteiger partial charge in [0, 0.05) is 19.1 Å². The molecule has 5 heteroatoms. The van der Waals surface area contributed by atoms with Crippen LogP contribution in [-0.4, -0.2) is 28.3 Å². The minimum absolute atomic E-state index is 0.0163. The van der Waals surface area contributed by atoms with Crippen molar-refractivity contribution in [1.82, 2.24) is 15.1 Å². The highest BCUT2D eigenvalue weighted by molar-refractivity contribution is 5.92. The summed E-state index contributed by atoms with van der Waals surface area (Å²) in [5.41, 5.74) is 7.32. The molecule has 3 N–H and O–H groups in total. The molecule has 0 aliphatic heterocycles. The molecule has 0 fully saturated rings. The summed E-state index contributed by atoms with van der Waals surface area (Å²) in [5.74, 6) is -0.0945. The van der Waals surface area contributed by atoms with E-state index in [0.29, 0.717) is 18.8 Å². The van der Waals surface area contributed by atoms with Gasteiger partial charge < -0.3 is 11.1 Å². The van der Waals surface area contributed by atoms with Gasteiger partial charge in [-0.1, -0.05) is 13.8 Å². The number of aryl methyl sites for hydroxylation is 2. The molecular weight excluding hydrogens is 216 g/mol. The topological polar surface area (TPSA) is 72.9 Å². The number of rotatable bonds is 6. The van der Waals surface area contributed by atoms with Gasteiger partial charge in [0.1, 0.15) is 5.69 Å². The lowest BCUT2D eigenvalue weighted by atomic mass is 10.2. The summed E-state index contributed by atoms with van der Waals surface area (Å²) >= 11 is 0. The van der Waals surface area contributed by atoms with Gasteiger partial charge in [0.15, 0.2) is 0 Å². The van der Waals surface area contributed by atoms with E-state index in [1.807, 2.05) is 26.8 Å². The summed E-state index contributed by atoms with van der Waals surface area (Å²) in [6.07, 6.45) is 1.69. The molecule has 1 atom stereocenters. The number of nitrogens with two attached hydrogens (primary N) is 1. The predicted molar refractivity (Wildman–Crippen MR) is 67.9 cm³/mol. The largest absolute Gasteiger partial charge is 0.349 e. The van der Waals surface area contributed by atoms with E-state index < -0.39 is 0 Å². The number of hydrogen-bond donors (Lipinski definition) is 2. The van der Waals surface area contributed by atoms with Crippen molar-refractivity contribution >= 4 is 5.91 Å². The second-order valence-electron chi connectivity index (χ2n) is 4.07. The van der Waals surface area contributed by atoms with E-state index in [9.17, 15) is 4.79 Å². The lowest BCUT2D eigenvalue weighted by Crippen LogP contribution is -2.37. The van der Waals surface area contributed by atoms with Crippen LogP contribution in [0.25, 0.3) is 0 Å². The van der Waals surface area contributed by atoms with Gasteiger partial charge in [-0.3, -0.25) is 9.48 Å². The zero-order valence-corrected chi connectivity index (χ0v) is 10.9. The molecule has 1 heterocycles. The minimum atomic E-state index is -0.0945. The fourth-order valence-electron chi connectivity index (χ4n) is 1.53. The molecule has 0 saturated heterocycles. The van der Waals surface area contributed by atoms with Crippen LogP contribution >= 0.6 is 0 Å². The normalized spacial score (nSPS) is 12.5. The smallest absolute Gasteiger partial charge is 0.269 e. The molecule has 0 spiro atoms. The van der Waals surface area contributed by atoms with E-state index in [1.54, 1.807) is 4.68 Å². The molecule has 0 saturated carbocycles. The Morgan fingerprint density at radius 2 is 2.24 bits per heavy atom. The summed E-state index contributed by atoms with van der Waals surface area (Å²) < 4.78 is 1.73. The summed E-state index contributed by atoms with van der Waals surface area (Å²) in [7, 11) is 0. The van der Waals surface area contributed by atoms with E-state index in [4.69, 9.17) is 5.73 Å². The molecule has 1 amide bonds.